The summed E-state index contributed by atoms with van der Waals surface area (Å²) in [7, 11) is 0. The smallest absolute Gasteiger partial charge is 0.308 e. The molecule has 0 saturated carbocycles. The summed E-state index contributed by atoms with van der Waals surface area (Å²) in [5.41, 5.74) is 3.09. The number of hydrogen-bond donors (Lipinski definition) is 0. The van der Waals surface area contributed by atoms with Crippen molar-refractivity contribution in [1.82, 2.24) is 0 Å². The minimum absolute atomic E-state index is 0.0665. The van der Waals surface area contributed by atoms with Crippen LogP contribution in [0.2, 0.25) is 0 Å². The van der Waals surface area contributed by atoms with E-state index in [4.69, 9.17) is 28.4 Å². The second-order valence-electron chi connectivity index (χ2n) is 9.44. The lowest BCUT2D eigenvalue weighted by atomic mass is 9.95. The fraction of sp³-hybridized carbons (Fsp3) is 0.387. The van der Waals surface area contributed by atoms with E-state index in [1.165, 1.54) is 0 Å². The van der Waals surface area contributed by atoms with Crippen LogP contribution in [0, 0.1) is 0 Å². The Kier molecular flexibility index (Phi) is 9.17. The topological polar surface area (TPSA) is 72.5 Å². The van der Waals surface area contributed by atoms with E-state index in [1.54, 1.807) is 6.92 Å². The van der Waals surface area contributed by atoms with Crippen LogP contribution in [0.15, 0.2) is 91.0 Å². The highest BCUT2D eigenvalue weighted by molar-refractivity contribution is 5.70. The van der Waals surface area contributed by atoms with Crippen molar-refractivity contribution in [1.29, 1.82) is 0 Å². The van der Waals surface area contributed by atoms with Crippen LogP contribution >= 0.6 is 0 Å². The monoisotopic (exact) mass is 518 g/mol. The van der Waals surface area contributed by atoms with Gasteiger partial charge in [0.15, 0.2) is 6.29 Å². The third-order valence-corrected chi connectivity index (χ3v) is 6.74. The third kappa shape index (κ3) is 6.67. The molecule has 2 bridgehead atoms. The molecule has 0 unspecified atom stereocenters. The van der Waals surface area contributed by atoms with E-state index in [2.05, 4.69) is 0 Å². The number of ether oxygens (including phenoxy) is 6. The van der Waals surface area contributed by atoms with Gasteiger partial charge < -0.3 is 28.4 Å². The van der Waals surface area contributed by atoms with Gasteiger partial charge in [-0.25, -0.2) is 0 Å². The zero-order valence-electron chi connectivity index (χ0n) is 21.5. The number of fused-ring (bicyclic) bond motifs is 2. The van der Waals surface area contributed by atoms with Crippen LogP contribution in [0.4, 0.5) is 0 Å². The predicted molar refractivity (Wildman–Crippen MR) is 140 cm³/mol. The Morgan fingerprint density at radius 1 is 0.658 bits per heavy atom. The molecule has 3 aromatic rings. The second kappa shape index (κ2) is 13.1. The first kappa shape index (κ1) is 26.5. The Labute approximate surface area is 223 Å². The van der Waals surface area contributed by atoms with E-state index in [9.17, 15) is 4.79 Å². The maximum atomic E-state index is 12.4. The molecular formula is C31H34O7. The summed E-state index contributed by atoms with van der Waals surface area (Å²) in [6.07, 6.45) is -3.25. The molecule has 7 heteroatoms. The summed E-state index contributed by atoms with van der Waals surface area (Å²) in [6, 6.07) is 29.9. The number of benzene rings is 3. The molecule has 2 fully saturated rings. The normalized spacial score (nSPS) is 26.2. The maximum Gasteiger partial charge on any atom is 0.308 e. The van der Waals surface area contributed by atoms with Crippen molar-refractivity contribution in [3.63, 3.8) is 0 Å². The quantitative estimate of drug-likeness (QED) is 0.318. The summed E-state index contributed by atoms with van der Waals surface area (Å²) >= 11 is 0. The standard InChI is InChI=1S/C31H34O7/c1-2-33-26(32)18-25-27-28(34-19-22-12-6-3-7-13-22)29(35-20-23-14-8-4-9-15-23)30(31(37-25)38-27)36-21-24-16-10-5-11-17-24/h3-17,25,27-31H,2,18-21H2,1H3/t25-,27-,28-,29+,30-,31-/m1/s1. The first-order valence-corrected chi connectivity index (χ1v) is 13.1. The first-order valence-electron chi connectivity index (χ1n) is 13.1. The first-order chi connectivity index (χ1) is 18.7. The lowest BCUT2D eigenvalue weighted by molar-refractivity contribution is -0.268. The highest BCUT2D eigenvalue weighted by Crippen LogP contribution is 2.39. The fourth-order valence-electron chi connectivity index (χ4n) is 4.90. The fourth-order valence-corrected chi connectivity index (χ4v) is 4.90. The molecule has 2 saturated heterocycles. The molecule has 2 aliphatic heterocycles. The molecule has 38 heavy (non-hydrogen) atoms. The zero-order valence-corrected chi connectivity index (χ0v) is 21.5. The molecule has 6 atom stereocenters. The van der Waals surface area contributed by atoms with Gasteiger partial charge in [0, 0.05) is 0 Å². The number of rotatable bonds is 12. The van der Waals surface area contributed by atoms with Gasteiger partial charge in [-0.3, -0.25) is 4.79 Å². The van der Waals surface area contributed by atoms with Crippen molar-refractivity contribution >= 4 is 5.97 Å². The van der Waals surface area contributed by atoms with E-state index < -0.39 is 36.8 Å². The Hall–Kier alpha value is -3.07. The summed E-state index contributed by atoms with van der Waals surface area (Å²) in [5, 5.41) is 0. The van der Waals surface area contributed by atoms with Crippen LogP contribution < -0.4 is 0 Å². The molecule has 5 rings (SSSR count). The molecule has 0 N–H and O–H groups in total. The maximum absolute atomic E-state index is 12.4. The highest BCUT2D eigenvalue weighted by atomic mass is 16.8. The summed E-state index contributed by atoms with van der Waals surface area (Å²) < 4.78 is 37.2. The minimum atomic E-state index is -0.694. The SMILES string of the molecule is CCOC(=O)C[C@H]1O[C@@H]2O[C@H]1[C@@H](OCc1ccccc1)[C@H](OCc1ccccc1)[C@H]2OCc1ccccc1. The van der Waals surface area contributed by atoms with Crippen molar-refractivity contribution in [3.05, 3.63) is 108 Å². The summed E-state index contributed by atoms with van der Waals surface area (Å²) in [6.45, 7) is 3.19. The van der Waals surface area contributed by atoms with Crippen molar-refractivity contribution in [3.8, 4) is 0 Å². The molecule has 0 amide bonds. The number of esters is 1. The van der Waals surface area contributed by atoms with Crippen LogP contribution in [-0.2, 0) is 53.0 Å². The van der Waals surface area contributed by atoms with E-state index in [1.807, 2.05) is 91.0 Å². The average molecular weight is 519 g/mol. The van der Waals surface area contributed by atoms with Crippen LogP contribution in [-0.4, -0.2) is 49.4 Å². The lowest BCUT2D eigenvalue weighted by Gasteiger charge is -2.40. The van der Waals surface area contributed by atoms with Gasteiger partial charge >= 0.3 is 5.97 Å². The molecule has 7 nitrogen and oxygen atoms in total. The van der Waals surface area contributed by atoms with Crippen molar-refractivity contribution in [2.24, 2.45) is 0 Å². The third-order valence-electron chi connectivity index (χ3n) is 6.74. The van der Waals surface area contributed by atoms with E-state index in [0.717, 1.165) is 16.7 Å². The summed E-state index contributed by atoms with van der Waals surface area (Å²) in [4.78, 5) is 12.4. The zero-order chi connectivity index (χ0) is 26.2. The van der Waals surface area contributed by atoms with Crippen LogP contribution in [0.25, 0.3) is 0 Å². The van der Waals surface area contributed by atoms with Crippen LogP contribution in [0.1, 0.15) is 30.0 Å². The highest BCUT2D eigenvalue weighted by Gasteiger charge is 2.57. The van der Waals surface area contributed by atoms with Crippen LogP contribution in [0.5, 0.6) is 0 Å². The Morgan fingerprint density at radius 2 is 1.13 bits per heavy atom. The predicted octanol–water partition coefficient (Wildman–Crippen LogP) is 4.82. The van der Waals surface area contributed by atoms with Gasteiger partial charge in [0.25, 0.3) is 0 Å². The Balaban J connectivity index is 1.40. The molecule has 200 valence electrons. The van der Waals surface area contributed by atoms with Crippen LogP contribution in [0.3, 0.4) is 0 Å². The van der Waals surface area contributed by atoms with Gasteiger partial charge in [0.05, 0.1) is 32.8 Å². The molecule has 3 aromatic carbocycles. The average Bonchev–Trinajstić information content (AvgIpc) is 3.31. The number of hydrogen-bond acceptors (Lipinski definition) is 7. The van der Waals surface area contributed by atoms with Gasteiger partial charge in [-0.15, -0.1) is 0 Å². The van der Waals surface area contributed by atoms with Gasteiger partial charge in [-0.05, 0) is 23.6 Å². The molecule has 0 aliphatic carbocycles. The van der Waals surface area contributed by atoms with E-state index >= 15 is 0 Å². The number of carbonyl (C=O) groups excluding carboxylic acids is 1. The Morgan fingerprint density at radius 3 is 1.63 bits per heavy atom. The molecule has 2 heterocycles. The lowest BCUT2D eigenvalue weighted by Crippen LogP contribution is -2.57. The van der Waals surface area contributed by atoms with E-state index in [-0.39, 0.29) is 12.4 Å². The molecule has 0 radical (unpaired) electrons. The van der Waals surface area contributed by atoms with Crippen molar-refractivity contribution in [2.75, 3.05) is 6.61 Å². The van der Waals surface area contributed by atoms with Crippen molar-refractivity contribution < 1.29 is 33.2 Å². The largest absolute Gasteiger partial charge is 0.466 e. The van der Waals surface area contributed by atoms with Gasteiger partial charge in [-0.2, -0.15) is 0 Å². The Bertz CT molecular complexity index is 1120. The van der Waals surface area contributed by atoms with E-state index in [0.29, 0.717) is 26.4 Å². The minimum Gasteiger partial charge on any atom is -0.466 e. The molecular weight excluding hydrogens is 484 g/mol. The van der Waals surface area contributed by atoms with Gasteiger partial charge in [-0.1, -0.05) is 91.0 Å². The molecule has 0 spiro atoms. The van der Waals surface area contributed by atoms with Crippen molar-refractivity contribution in [2.45, 2.75) is 70.0 Å². The second-order valence-corrected chi connectivity index (χ2v) is 9.44. The number of carbonyl (C=O) groups is 1. The van der Waals surface area contributed by atoms with Gasteiger partial charge in [0.1, 0.15) is 30.5 Å². The summed E-state index contributed by atoms with van der Waals surface area (Å²) in [5.74, 6) is -0.334. The molecule has 0 aromatic heterocycles. The molecule has 2 aliphatic rings. The van der Waals surface area contributed by atoms with Gasteiger partial charge in [0.2, 0.25) is 0 Å².